The van der Waals surface area contributed by atoms with E-state index in [1.165, 1.54) is 0 Å². The molecule has 0 fully saturated rings. The number of aromatic nitrogens is 1. The van der Waals surface area contributed by atoms with Crippen LogP contribution in [0.4, 0.5) is 0 Å². The monoisotopic (exact) mass is 293 g/mol. The van der Waals surface area contributed by atoms with Crippen molar-refractivity contribution in [2.45, 2.75) is 26.4 Å². The first-order valence-electron chi connectivity index (χ1n) is 6.47. The molecule has 1 heterocycles. The number of hydrogen-bond acceptors (Lipinski definition) is 4. The Morgan fingerprint density at radius 1 is 1.40 bits per heavy atom. The van der Waals surface area contributed by atoms with E-state index in [9.17, 15) is 4.79 Å². The molecule has 0 bridgehead atoms. The standard InChI is InChI=1S/C15H16ClNO3/c1-3-10(2)20-14(18)9-19-13-7-6-12(16)11-5-4-8-17-15(11)13/h4-8,10H,3,9H2,1-2H3. The van der Waals surface area contributed by atoms with Crippen molar-refractivity contribution < 1.29 is 14.3 Å². The minimum Gasteiger partial charge on any atom is -0.480 e. The summed E-state index contributed by atoms with van der Waals surface area (Å²) in [5.74, 6) is 0.129. The van der Waals surface area contributed by atoms with Gasteiger partial charge < -0.3 is 9.47 Å². The van der Waals surface area contributed by atoms with E-state index in [1.807, 2.05) is 19.9 Å². The maximum atomic E-state index is 11.6. The van der Waals surface area contributed by atoms with Gasteiger partial charge in [0.1, 0.15) is 11.3 Å². The maximum absolute atomic E-state index is 11.6. The molecule has 1 aromatic carbocycles. The first kappa shape index (κ1) is 14.6. The molecule has 0 saturated heterocycles. The highest BCUT2D eigenvalue weighted by molar-refractivity contribution is 6.35. The quantitative estimate of drug-likeness (QED) is 0.790. The molecule has 0 saturated carbocycles. The van der Waals surface area contributed by atoms with Crippen molar-refractivity contribution in [1.82, 2.24) is 4.98 Å². The van der Waals surface area contributed by atoms with Crippen molar-refractivity contribution in [1.29, 1.82) is 0 Å². The Hall–Kier alpha value is -1.81. The van der Waals surface area contributed by atoms with Crippen LogP contribution < -0.4 is 4.74 Å². The van der Waals surface area contributed by atoms with Gasteiger partial charge in [-0.2, -0.15) is 0 Å². The van der Waals surface area contributed by atoms with Crippen molar-refractivity contribution in [3.8, 4) is 5.75 Å². The van der Waals surface area contributed by atoms with Gasteiger partial charge in [0.05, 0.1) is 11.1 Å². The van der Waals surface area contributed by atoms with Gasteiger partial charge in [-0.15, -0.1) is 0 Å². The number of ether oxygens (including phenoxy) is 2. The van der Waals surface area contributed by atoms with Gasteiger partial charge in [-0.3, -0.25) is 4.98 Å². The second-order valence-corrected chi connectivity index (χ2v) is 4.85. The number of benzene rings is 1. The van der Waals surface area contributed by atoms with E-state index in [-0.39, 0.29) is 12.7 Å². The van der Waals surface area contributed by atoms with E-state index in [4.69, 9.17) is 21.1 Å². The number of pyridine rings is 1. The number of halogens is 1. The molecule has 4 nitrogen and oxygen atoms in total. The van der Waals surface area contributed by atoms with Crippen molar-refractivity contribution in [2.24, 2.45) is 0 Å². The number of fused-ring (bicyclic) bond motifs is 1. The molecule has 0 aliphatic rings. The van der Waals surface area contributed by atoms with Crippen LogP contribution in [-0.2, 0) is 9.53 Å². The zero-order valence-electron chi connectivity index (χ0n) is 11.4. The summed E-state index contributed by atoms with van der Waals surface area (Å²) in [4.78, 5) is 15.8. The number of esters is 1. The highest BCUT2D eigenvalue weighted by Gasteiger charge is 2.11. The average Bonchev–Trinajstić information content (AvgIpc) is 2.46. The average molecular weight is 294 g/mol. The summed E-state index contributed by atoms with van der Waals surface area (Å²) in [5, 5.41) is 1.39. The van der Waals surface area contributed by atoms with E-state index < -0.39 is 5.97 Å². The molecule has 2 aromatic rings. The Balaban J connectivity index is 2.11. The fourth-order valence-electron chi connectivity index (χ4n) is 1.71. The molecule has 0 aliphatic carbocycles. The summed E-state index contributed by atoms with van der Waals surface area (Å²) in [6, 6.07) is 7.08. The molecule has 1 aromatic heterocycles. The Kier molecular flexibility index (Phi) is 4.79. The number of carbonyl (C=O) groups is 1. The van der Waals surface area contributed by atoms with Crippen molar-refractivity contribution in [2.75, 3.05) is 6.61 Å². The second-order valence-electron chi connectivity index (χ2n) is 4.44. The molecule has 0 amide bonds. The number of rotatable bonds is 5. The lowest BCUT2D eigenvalue weighted by Crippen LogP contribution is -2.20. The molecule has 20 heavy (non-hydrogen) atoms. The minimum absolute atomic E-state index is 0.105. The van der Waals surface area contributed by atoms with Gasteiger partial charge in [-0.1, -0.05) is 18.5 Å². The van der Waals surface area contributed by atoms with Gasteiger partial charge in [-0.05, 0) is 37.6 Å². The molecular formula is C15H16ClNO3. The first-order valence-corrected chi connectivity index (χ1v) is 6.85. The molecule has 0 aliphatic heterocycles. The molecule has 0 spiro atoms. The normalized spacial score (nSPS) is 12.2. The van der Waals surface area contributed by atoms with Gasteiger partial charge in [0.2, 0.25) is 0 Å². The third kappa shape index (κ3) is 3.39. The Morgan fingerprint density at radius 2 is 2.20 bits per heavy atom. The Morgan fingerprint density at radius 3 is 2.95 bits per heavy atom. The highest BCUT2D eigenvalue weighted by atomic mass is 35.5. The second kappa shape index (κ2) is 6.57. The molecule has 1 unspecified atom stereocenters. The Labute approximate surface area is 122 Å². The van der Waals surface area contributed by atoms with Gasteiger partial charge in [0.25, 0.3) is 0 Å². The lowest BCUT2D eigenvalue weighted by Gasteiger charge is -2.12. The van der Waals surface area contributed by atoms with Crippen LogP contribution in [0.1, 0.15) is 20.3 Å². The van der Waals surface area contributed by atoms with Crippen LogP contribution in [0, 0.1) is 0 Å². The predicted molar refractivity (Wildman–Crippen MR) is 78.1 cm³/mol. The van der Waals surface area contributed by atoms with E-state index in [1.54, 1.807) is 24.4 Å². The number of nitrogens with zero attached hydrogens (tertiary/aromatic N) is 1. The van der Waals surface area contributed by atoms with E-state index in [0.717, 1.165) is 11.8 Å². The van der Waals surface area contributed by atoms with Crippen LogP contribution in [0.3, 0.4) is 0 Å². The fraction of sp³-hybridized carbons (Fsp3) is 0.333. The third-order valence-corrected chi connectivity index (χ3v) is 3.26. The first-order chi connectivity index (χ1) is 9.61. The summed E-state index contributed by atoms with van der Waals surface area (Å²) in [6.07, 6.45) is 2.33. The maximum Gasteiger partial charge on any atom is 0.344 e. The smallest absolute Gasteiger partial charge is 0.344 e. The summed E-state index contributed by atoms with van der Waals surface area (Å²) >= 11 is 6.09. The summed E-state index contributed by atoms with van der Waals surface area (Å²) in [7, 11) is 0. The summed E-state index contributed by atoms with van der Waals surface area (Å²) < 4.78 is 10.6. The SMILES string of the molecule is CCC(C)OC(=O)COc1ccc(Cl)c2cccnc12. The van der Waals surface area contributed by atoms with Gasteiger partial charge in [0, 0.05) is 11.6 Å². The van der Waals surface area contributed by atoms with Crippen LogP contribution in [-0.4, -0.2) is 23.7 Å². The van der Waals surface area contributed by atoms with Gasteiger partial charge >= 0.3 is 5.97 Å². The van der Waals surface area contributed by atoms with Gasteiger partial charge in [-0.25, -0.2) is 4.79 Å². The molecule has 1 atom stereocenters. The molecular weight excluding hydrogens is 278 g/mol. The molecule has 2 rings (SSSR count). The van der Waals surface area contributed by atoms with Crippen molar-refractivity contribution in [3.05, 3.63) is 35.5 Å². The zero-order chi connectivity index (χ0) is 14.5. The largest absolute Gasteiger partial charge is 0.480 e. The summed E-state index contributed by atoms with van der Waals surface area (Å²) in [5.41, 5.74) is 0.635. The van der Waals surface area contributed by atoms with E-state index >= 15 is 0 Å². The lowest BCUT2D eigenvalue weighted by atomic mass is 10.2. The van der Waals surface area contributed by atoms with E-state index in [2.05, 4.69) is 4.98 Å². The number of carbonyl (C=O) groups excluding carboxylic acids is 1. The van der Waals surface area contributed by atoms with Crippen LogP contribution in [0.2, 0.25) is 5.02 Å². The zero-order valence-corrected chi connectivity index (χ0v) is 12.2. The number of hydrogen-bond donors (Lipinski definition) is 0. The lowest BCUT2D eigenvalue weighted by molar-refractivity contribution is -0.150. The van der Waals surface area contributed by atoms with Crippen LogP contribution in [0.15, 0.2) is 30.5 Å². The van der Waals surface area contributed by atoms with Crippen LogP contribution >= 0.6 is 11.6 Å². The topological polar surface area (TPSA) is 48.4 Å². The van der Waals surface area contributed by atoms with Crippen LogP contribution in [0.25, 0.3) is 10.9 Å². The minimum atomic E-state index is -0.390. The molecule has 0 N–H and O–H groups in total. The molecule has 106 valence electrons. The third-order valence-electron chi connectivity index (χ3n) is 2.93. The van der Waals surface area contributed by atoms with Crippen LogP contribution in [0.5, 0.6) is 5.75 Å². The van der Waals surface area contributed by atoms with Crippen molar-refractivity contribution >= 4 is 28.5 Å². The fourth-order valence-corrected chi connectivity index (χ4v) is 1.92. The van der Waals surface area contributed by atoms with Gasteiger partial charge in [0.15, 0.2) is 6.61 Å². The summed E-state index contributed by atoms with van der Waals surface area (Å²) in [6.45, 7) is 3.66. The van der Waals surface area contributed by atoms with E-state index in [0.29, 0.717) is 16.3 Å². The molecule has 0 radical (unpaired) electrons. The predicted octanol–water partition coefficient (Wildman–Crippen LogP) is 3.61. The molecule has 5 heteroatoms. The highest BCUT2D eigenvalue weighted by Crippen LogP contribution is 2.29. The Bertz CT molecular complexity index is 615. The van der Waals surface area contributed by atoms with Crippen molar-refractivity contribution in [3.63, 3.8) is 0 Å².